The van der Waals surface area contributed by atoms with Gasteiger partial charge < -0.3 is 25.0 Å². The van der Waals surface area contributed by atoms with E-state index < -0.39 is 81.2 Å². The summed E-state index contributed by atoms with van der Waals surface area (Å²) in [6.45, 7) is 4.94. The van der Waals surface area contributed by atoms with Gasteiger partial charge in [0.15, 0.2) is 0 Å². The Hall–Kier alpha value is -5.03. The molecule has 3 N–H and O–H groups in total. The fraction of sp³-hybridized carbons (Fsp3) is 0.525. The van der Waals surface area contributed by atoms with Gasteiger partial charge in [-0.1, -0.05) is 67.5 Å². The number of nitrogens with one attached hydrogen (secondary N) is 3. The van der Waals surface area contributed by atoms with E-state index in [1.165, 1.54) is 22.9 Å². The van der Waals surface area contributed by atoms with Gasteiger partial charge in [0, 0.05) is 38.0 Å². The highest BCUT2D eigenvalue weighted by molar-refractivity contribution is 7.87. The van der Waals surface area contributed by atoms with Gasteiger partial charge >= 0.3 is 22.4 Å². The predicted molar refractivity (Wildman–Crippen MR) is 205 cm³/mol. The number of ether oxygens (including phenoxy) is 2. The lowest BCUT2D eigenvalue weighted by atomic mass is 10.0. The lowest BCUT2D eigenvalue weighted by Crippen LogP contribution is -2.59. The lowest BCUT2D eigenvalue weighted by molar-refractivity contribution is -0.141. The number of carbonyl (C=O) groups excluding carboxylic acids is 5. The number of alkyl carbamates (subject to hydrolysis) is 1. The number of benzene rings is 2. The molecule has 308 valence electrons. The monoisotopic (exact) mass is 810 g/mol. The SMILES string of the molecule is CN(Cc1ccccc1)S(=O)(=O)NC(=O)[C@@]12C[C@H]1C=CCCCCC[C@H](NC(=O)OC(C)(C)C)C(=O)N1C[C@H](OC(=O)N3Cc4cccc(F)c4C3)C[C@H]1C(=O)N2. The summed E-state index contributed by atoms with van der Waals surface area (Å²) < 4.78 is 55.7. The van der Waals surface area contributed by atoms with Crippen LogP contribution in [0.1, 0.15) is 82.4 Å². The molecule has 0 unspecified atom stereocenters. The van der Waals surface area contributed by atoms with Crippen LogP contribution in [-0.2, 0) is 53.7 Å². The summed E-state index contributed by atoms with van der Waals surface area (Å²) in [5.41, 5.74) is -0.790. The van der Waals surface area contributed by atoms with Crippen molar-refractivity contribution in [1.29, 1.82) is 0 Å². The summed E-state index contributed by atoms with van der Waals surface area (Å²) in [6, 6.07) is 11.1. The second-order valence-electron chi connectivity index (χ2n) is 16.2. The molecule has 0 radical (unpaired) electrons. The summed E-state index contributed by atoms with van der Waals surface area (Å²) in [7, 11) is -3.02. The Morgan fingerprint density at radius 3 is 2.51 bits per heavy atom. The van der Waals surface area contributed by atoms with Gasteiger partial charge in [0.25, 0.3) is 5.91 Å². The van der Waals surface area contributed by atoms with E-state index in [0.29, 0.717) is 36.0 Å². The number of carbonyl (C=O) groups is 5. The number of halogens is 1. The van der Waals surface area contributed by atoms with Crippen LogP contribution in [0.4, 0.5) is 14.0 Å². The maximum absolute atomic E-state index is 14.5. The zero-order chi connectivity index (χ0) is 41.1. The van der Waals surface area contributed by atoms with Crippen molar-refractivity contribution in [2.45, 2.75) is 115 Å². The van der Waals surface area contributed by atoms with E-state index in [4.69, 9.17) is 9.47 Å². The van der Waals surface area contributed by atoms with Crippen molar-refractivity contribution in [2.24, 2.45) is 5.92 Å². The predicted octanol–water partition coefficient (Wildman–Crippen LogP) is 4.03. The molecule has 15 nitrogen and oxygen atoms in total. The largest absolute Gasteiger partial charge is 0.444 e. The number of rotatable bonds is 7. The number of hydrogen-bond acceptors (Lipinski definition) is 9. The van der Waals surface area contributed by atoms with Gasteiger partial charge in [-0.05, 0) is 63.6 Å². The molecule has 0 bridgehead atoms. The number of fused-ring (bicyclic) bond motifs is 3. The minimum atomic E-state index is -4.36. The van der Waals surface area contributed by atoms with Crippen molar-refractivity contribution < 1.29 is 46.3 Å². The van der Waals surface area contributed by atoms with Gasteiger partial charge in [-0.25, -0.2) is 18.7 Å². The first-order chi connectivity index (χ1) is 27.0. The first kappa shape index (κ1) is 41.6. The van der Waals surface area contributed by atoms with Crippen LogP contribution >= 0.6 is 0 Å². The number of nitrogens with zero attached hydrogens (tertiary/aromatic N) is 3. The number of hydrogen-bond donors (Lipinski definition) is 3. The van der Waals surface area contributed by atoms with E-state index >= 15 is 0 Å². The third-order valence-corrected chi connectivity index (χ3v) is 12.1. The second kappa shape index (κ2) is 16.8. The normalized spacial score (nSPS) is 25.3. The fourth-order valence-electron chi connectivity index (χ4n) is 7.55. The topological polar surface area (TPSA) is 184 Å². The second-order valence-corrected chi connectivity index (χ2v) is 18.0. The maximum atomic E-state index is 14.5. The Morgan fingerprint density at radius 2 is 1.79 bits per heavy atom. The van der Waals surface area contributed by atoms with E-state index in [0.717, 1.165) is 10.7 Å². The Kier molecular flexibility index (Phi) is 12.3. The van der Waals surface area contributed by atoms with Gasteiger partial charge in [-0.15, -0.1) is 0 Å². The van der Waals surface area contributed by atoms with E-state index in [1.54, 1.807) is 69.3 Å². The number of amides is 5. The van der Waals surface area contributed by atoms with E-state index in [1.807, 2.05) is 6.08 Å². The molecule has 4 aliphatic rings. The van der Waals surface area contributed by atoms with Crippen molar-refractivity contribution in [2.75, 3.05) is 13.6 Å². The molecule has 2 aromatic carbocycles. The van der Waals surface area contributed by atoms with E-state index in [2.05, 4.69) is 15.4 Å². The molecule has 0 spiro atoms. The molecule has 17 heteroatoms. The average Bonchev–Trinajstić information content (AvgIpc) is 3.43. The maximum Gasteiger partial charge on any atom is 0.410 e. The Balaban J connectivity index is 1.25. The molecule has 1 aliphatic carbocycles. The van der Waals surface area contributed by atoms with Crippen LogP contribution in [0.3, 0.4) is 0 Å². The number of allylic oxidation sites excluding steroid dienone is 1. The molecule has 2 aromatic rings. The van der Waals surface area contributed by atoms with Crippen molar-refractivity contribution >= 4 is 40.1 Å². The molecule has 3 aliphatic heterocycles. The van der Waals surface area contributed by atoms with Crippen molar-refractivity contribution in [3.63, 3.8) is 0 Å². The van der Waals surface area contributed by atoms with Crippen LogP contribution < -0.4 is 15.4 Å². The van der Waals surface area contributed by atoms with Crippen LogP contribution in [0.2, 0.25) is 0 Å². The van der Waals surface area contributed by atoms with Crippen LogP contribution in [0.5, 0.6) is 0 Å². The molecule has 5 atom stereocenters. The average molecular weight is 811 g/mol. The van der Waals surface area contributed by atoms with E-state index in [-0.39, 0.29) is 45.4 Å². The quantitative estimate of drug-likeness (QED) is 0.348. The minimum Gasteiger partial charge on any atom is -0.444 e. The van der Waals surface area contributed by atoms with E-state index in [9.17, 15) is 36.8 Å². The van der Waals surface area contributed by atoms with Gasteiger partial charge in [0.05, 0.1) is 13.1 Å². The van der Waals surface area contributed by atoms with Gasteiger partial charge in [-0.2, -0.15) is 12.7 Å². The lowest BCUT2D eigenvalue weighted by Gasteiger charge is -2.30. The Morgan fingerprint density at radius 1 is 1.04 bits per heavy atom. The van der Waals surface area contributed by atoms with Gasteiger partial charge in [-0.3, -0.25) is 19.3 Å². The molecule has 1 saturated heterocycles. The van der Waals surface area contributed by atoms with Gasteiger partial charge in [0.2, 0.25) is 11.8 Å². The van der Waals surface area contributed by atoms with Crippen molar-refractivity contribution in [3.8, 4) is 0 Å². The molecule has 3 heterocycles. The zero-order valence-corrected chi connectivity index (χ0v) is 33.5. The van der Waals surface area contributed by atoms with Crippen LogP contribution in [0.15, 0.2) is 60.7 Å². The highest BCUT2D eigenvalue weighted by Gasteiger charge is 2.62. The minimum absolute atomic E-state index is 0.0116. The standard InChI is InChI=1S/C40H51FN6O9S/c1-39(2,3)56-37(51)42-32-19-12-7-5-6-11-17-28-21-40(28,36(50)44-57(53,54)45(4)22-26-14-9-8-10-15-26)43-34(48)33-20-29(24-47(33)35(32)49)55-38(52)46-23-27-16-13-18-31(41)30(27)25-46/h8-11,13-18,28-29,32-33H,5-7,12,19-25H2,1-4H3,(H,42,51)(H,43,48)(H,44,50)/t28-,29-,32+,33+,40-/m1/s1. The first-order valence-corrected chi connectivity index (χ1v) is 20.7. The summed E-state index contributed by atoms with van der Waals surface area (Å²) in [5, 5.41) is 5.46. The molecule has 57 heavy (non-hydrogen) atoms. The molecular weight excluding hydrogens is 760 g/mol. The fourth-order valence-corrected chi connectivity index (χ4v) is 8.45. The van der Waals surface area contributed by atoms with Crippen LogP contribution in [0, 0.1) is 11.7 Å². The molecular formula is C40H51FN6O9S. The molecule has 1 saturated carbocycles. The molecule has 0 aromatic heterocycles. The smallest absolute Gasteiger partial charge is 0.410 e. The summed E-state index contributed by atoms with van der Waals surface area (Å²) in [4.78, 5) is 71.7. The molecule has 5 amide bonds. The third kappa shape index (κ3) is 9.93. The first-order valence-electron chi connectivity index (χ1n) is 19.3. The summed E-state index contributed by atoms with van der Waals surface area (Å²) in [6.07, 6.45) is 3.92. The zero-order valence-electron chi connectivity index (χ0n) is 32.7. The van der Waals surface area contributed by atoms with Crippen LogP contribution in [-0.4, -0.2) is 95.4 Å². The molecule has 2 fully saturated rings. The summed E-state index contributed by atoms with van der Waals surface area (Å²) in [5.74, 6) is -3.29. The Labute approximate surface area is 332 Å². The highest BCUT2D eigenvalue weighted by Crippen LogP contribution is 2.46. The molecule has 6 rings (SSSR count). The van der Waals surface area contributed by atoms with Gasteiger partial charge in [0.1, 0.15) is 35.1 Å². The Bertz CT molecular complexity index is 2010. The van der Waals surface area contributed by atoms with Crippen molar-refractivity contribution in [3.05, 3.63) is 83.2 Å². The highest BCUT2D eigenvalue weighted by atomic mass is 32.2. The third-order valence-electron chi connectivity index (χ3n) is 10.7. The summed E-state index contributed by atoms with van der Waals surface area (Å²) >= 11 is 0. The van der Waals surface area contributed by atoms with Crippen molar-refractivity contribution in [1.82, 2.24) is 29.5 Å². The van der Waals surface area contributed by atoms with Crippen LogP contribution in [0.25, 0.3) is 0 Å².